The van der Waals surface area contributed by atoms with Crippen LogP contribution in [0.5, 0.6) is 0 Å². The standard InChI is InChI=1S/C20H27FN6O2/c1-3-5-19(28)22-17-8-10-26(11-9-17)20(29)18(27-14(2)23-24-25-27)13-15-6-4-7-16(21)12-15/h4,6-7,12,17-18H,3,5,8-11,13H2,1-2H3,(H,22,28)/t18-/m1/s1. The van der Waals surface area contributed by atoms with Gasteiger partial charge in [0.25, 0.3) is 0 Å². The van der Waals surface area contributed by atoms with Gasteiger partial charge in [0.1, 0.15) is 17.7 Å². The van der Waals surface area contributed by atoms with Gasteiger partial charge in [0.15, 0.2) is 0 Å². The van der Waals surface area contributed by atoms with Crippen molar-refractivity contribution in [3.63, 3.8) is 0 Å². The average Bonchev–Trinajstić information content (AvgIpc) is 3.12. The Morgan fingerprint density at radius 2 is 2.07 bits per heavy atom. The molecule has 1 aromatic heterocycles. The van der Waals surface area contributed by atoms with E-state index in [1.165, 1.54) is 16.8 Å². The summed E-state index contributed by atoms with van der Waals surface area (Å²) in [5, 5.41) is 14.6. The van der Waals surface area contributed by atoms with E-state index in [4.69, 9.17) is 0 Å². The lowest BCUT2D eigenvalue weighted by Crippen LogP contribution is -2.48. The van der Waals surface area contributed by atoms with Gasteiger partial charge in [-0.15, -0.1) is 5.10 Å². The molecule has 1 aliphatic rings. The number of piperidine rings is 1. The quantitative estimate of drug-likeness (QED) is 0.762. The second kappa shape index (κ2) is 9.58. The summed E-state index contributed by atoms with van der Waals surface area (Å²) in [6, 6.07) is 5.67. The lowest BCUT2D eigenvalue weighted by atomic mass is 10.0. The van der Waals surface area contributed by atoms with Crippen molar-refractivity contribution in [3.05, 3.63) is 41.5 Å². The molecule has 1 aromatic carbocycles. The highest BCUT2D eigenvalue weighted by atomic mass is 19.1. The van der Waals surface area contributed by atoms with E-state index in [0.29, 0.717) is 50.2 Å². The number of tetrazole rings is 1. The summed E-state index contributed by atoms with van der Waals surface area (Å²) in [7, 11) is 0. The van der Waals surface area contributed by atoms with Crippen LogP contribution in [-0.2, 0) is 16.0 Å². The normalized spacial score (nSPS) is 15.9. The second-order valence-electron chi connectivity index (χ2n) is 7.44. The van der Waals surface area contributed by atoms with Crippen molar-refractivity contribution in [2.45, 2.75) is 58.0 Å². The molecule has 1 aliphatic heterocycles. The van der Waals surface area contributed by atoms with Crippen LogP contribution < -0.4 is 5.32 Å². The van der Waals surface area contributed by atoms with Gasteiger partial charge in [-0.3, -0.25) is 9.59 Å². The minimum atomic E-state index is -0.641. The van der Waals surface area contributed by atoms with Crippen molar-refractivity contribution in [2.75, 3.05) is 13.1 Å². The SMILES string of the molecule is CCCC(=O)NC1CCN(C(=O)[C@@H](Cc2cccc(F)c2)n2nnnc2C)CC1. The number of hydrogen-bond acceptors (Lipinski definition) is 5. The zero-order chi connectivity index (χ0) is 20.8. The summed E-state index contributed by atoms with van der Waals surface area (Å²) >= 11 is 0. The number of halogens is 1. The van der Waals surface area contributed by atoms with Gasteiger partial charge < -0.3 is 10.2 Å². The zero-order valence-corrected chi connectivity index (χ0v) is 16.8. The Morgan fingerprint density at radius 1 is 1.31 bits per heavy atom. The highest BCUT2D eigenvalue weighted by Crippen LogP contribution is 2.21. The van der Waals surface area contributed by atoms with E-state index in [0.717, 1.165) is 6.42 Å². The minimum Gasteiger partial charge on any atom is -0.353 e. The maximum atomic E-state index is 13.6. The van der Waals surface area contributed by atoms with Gasteiger partial charge in [-0.25, -0.2) is 9.07 Å². The third-order valence-electron chi connectivity index (χ3n) is 5.20. The molecule has 1 fully saturated rings. The fraction of sp³-hybridized carbons (Fsp3) is 0.550. The topological polar surface area (TPSA) is 93.0 Å². The Morgan fingerprint density at radius 3 is 2.69 bits per heavy atom. The number of aromatic nitrogens is 4. The van der Waals surface area contributed by atoms with Gasteiger partial charge in [-0.1, -0.05) is 19.1 Å². The molecular formula is C20H27FN6O2. The lowest BCUT2D eigenvalue weighted by Gasteiger charge is -2.34. The predicted molar refractivity (Wildman–Crippen MR) is 104 cm³/mol. The van der Waals surface area contributed by atoms with E-state index in [-0.39, 0.29) is 23.7 Å². The highest BCUT2D eigenvalue weighted by Gasteiger charge is 2.31. The first-order valence-corrected chi connectivity index (χ1v) is 10.0. The molecule has 0 aliphatic carbocycles. The van der Waals surface area contributed by atoms with E-state index in [9.17, 15) is 14.0 Å². The van der Waals surface area contributed by atoms with Gasteiger partial charge in [-0.05, 0) is 54.3 Å². The average molecular weight is 402 g/mol. The van der Waals surface area contributed by atoms with Crippen molar-refractivity contribution < 1.29 is 14.0 Å². The van der Waals surface area contributed by atoms with Crippen LogP contribution in [0.15, 0.2) is 24.3 Å². The molecule has 0 bridgehead atoms. The van der Waals surface area contributed by atoms with Crippen LogP contribution in [0.2, 0.25) is 0 Å². The minimum absolute atomic E-state index is 0.0607. The maximum Gasteiger partial charge on any atom is 0.247 e. The number of carbonyl (C=O) groups is 2. The zero-order valence-electron chi connectivity index (χ0n) is 16.8. The van der Waals surface area contributed by atoms with Crippen molar-refractivity contribution in [1.82, 2.24) is 30.4 Å². The van der Waals surface area contributed by atoms with Crippen LogP contribution in [-0.4, -0.2) is 56.1 Å². The van der Waals surface area contributed by atoms with E-state index < -0.39 is 6.04 Å². The number of rotatable bonds is 7. The van der Waals surface area contributed by atoms with Gasteiger partial charge in [0, 0.05) is 32.0 Å². The molecule has 2 heterocycles. The molecule has 0 radical (unpaired) electrons. The molecule has 29 heavy (non-hydrogen) atoms. The number of nitrogens with zero attached hydrogens (tertiary/aromatic N) is 5. The number of benzene rings is 1. The number of amides is 2. The van der Waals surface area contributed by atoms with Crippen LogP contribution in [0, 0.1) is 12.7 Å². The first-order valence-electron chi connectivity index (χ1n) is 10.0. The molecule has 3 rings (SSSR count). The molecule has 2 amide bonds. The molecule has 9 heteroatoms. The molecule has 0 spiro atoms. The van der Waals surface area contributed by atoms with Gasteiger partial charge in [0.05, 0.1) is 0 Å². The summed E-state index contributed by atoms with van der Waals surface area (Å²) in [5.41, 5.74) is 0.708. The Bertz CT molecular complexity index is 847. The Hall–Kier alpha value is -2.84. The summed E-state index contributed by atoms with van der Waals surface area (Å²) in [6.45, 7) is 4.81. The number of likely N-dealkylation sites (tertiary alicyclic amines) is 1. The summed E-state index contributed by atoms with van der Waals surface area (Å²) in [4.78, 5) is 26.9. The second-order valence-corrected chi connectivity index (χ2v) is 7.44. The molecule has 0 saturated carbocycles. The maximum absolute atomic E-state index is 13.6. The van der Waals surface area contributed by atoms with Crippen LogP contribution in [0.1, 0.15) is 50.0 Å². The van der Waals surface area contributed by atoms with Crippen LogP contribution >= 0.6 is 0 Å². The highest BCUT2D eigenvalue weighted by molar-refractivity contribution is 5.81. The predicted octanol–water partition coefficient (Wildman–Crippen LogP) is 1.81. The van der Waals surface area contributed by atoms with Crippen LogP contribution in [0.4, 0.5) is 4.39 Å². The summed E-state index contributed by atoms with van der Waals surface area (Å²) < 4.78 is 15.1. The van der Waals surface area contributed by atoms with Gasteiger partial charge in [0.2, 0.25) is 11.8 Å². The summed E-state index contributed by atoms with van der Waals surface area (Å²) in [6.07, 6.45) is 3.06. The lowest BCUT2D eigenvalue weighted by molar-refractivity contribution is -0.136. The van der Waals surface area contributed by atoms with Crippen molar-refractivity contribution >= 4 is 11.8 Å². The van der Waals surface area contributed by atoms with Crippen LogP contribution in [0.3, 0.4) is 0 Å². The van der Waals surface area contributed by atoms with E-state index in [1.807, 2.05) is 6.92 Å². The smallest absolute Gasteiger partial charge is 0.247 e. The molecular weight excluding hydrogens is 375 g/mol. The van der Waals surface area contributed by atoms with Crippen molar-refractivity contribution in [3.8, 4) is 0 Å². The number of hydrogen-bond donors (Lipinski definition) is 1. The van der Waals surface area contributed by atoms with Crippen molar-refractivity contribution in [1.29, 1.82) is 0 Å². The van der Waals surface area contributed by atoms with Crippen molar-refractivity contribution in [2.24, 2.45) is 0 Å². The Kier molecular flexibility index (Phi) is 6.90. The molecule has 8 nitrogen and oxygen atoms in total. The first-order chi connectivity index (χ1) is 14.0. The molecule has 1 atom stereocenters. The van der Waals surface area contributed by atoms with E-state index in [2.05, 4.69) is 20.8 Å². The summed E-state index contributed by atoms with van der Waals surface area (Å²) in [5.74, 6) is 0.154. The third kappa shape index (κ3) is 5.36. The first kappa shape index (κ1) is 20.9. The van der Waals surface area contributed by atoms with E-state index in [1.54, 1.807) is 24.0 Å². The largest absolute Gasteiger partial charge is 0.353 e. The molecule has 156 valence electrons. The Balaban J connectivity index is 1.69. The molecule has 1 N–H and O–H groups in total. The Labute approximate surface area is 169 Å². The van der Waals surface area contributed by atoms with E-state index >= 15 is 0 Å². The molecule has 2 aromatic rings. The molecule has 1 saturated heterocycles. The van der Waals surface area contributed by atoms with Gasteiger partial charge in [-0.2, -0.15) is 0 Å². The van der Waals surface area contributed by atoms with Crippen LogP contribution in [0.25, 0.3) is 0 Å². The molecule has 0 unspecified atom stereocenters. The van der Waals surface area contributed by atoms with Gasteiger partial charge >= 0.3 is 0 Å². The third-order valence-corrected chi connectivity index (χ3v) is 5.20. The number of aryl methyl sites for hydroxylation is 1. The monoisotopic (exact) mass is 402 g/mol. The fourth-order valence-electron chi connectivity index (χ4n) is 3.67. The number of nitrogens with one attached hydrogen (secondary N) is 1. The number of carbonyl (C=O) groups excluding carboxylic acids is 2. The fourth-order valence-corrected chi connectivity index (χ4v) is 3.67.